The molecule has 4 aliphatic rings. The van der Waals surface area contributed by atoms with Gasteiger partial charge in [-0.3, -0.25) is 0 Å². The Hall–Kier alpha value is -0.120. The standard InChI is InChI=1S/C9H14O3/c1-3-6-4(2)8-9(11-6)5(10)7(3)12-8/h3-10H,1-2H3. The van der Waals surface area contributed by atoms with Gasteiger partial charge in [0, 0.05) is 11.8 Å². The molecule has 0 saturated carbocycles. The highest BCUT2D eigenvalue weighted by Gasteiger charge is 2.63. The van der Waals surface area contributed by atoms with Gasteiger partial charge in [-0.2, -0.15) is 0 Å². The largest absolute Gasteiger partial charge is 0.388 e. The number of ether oxygens (including phenoxy) is 2. The van der Waals surface area contributed by atoms with Crippen molar-refractivity contribution in [1.29, 1.82) is 0 Å². The summed E-state index contributed by atoms with van der Waals surface area (Å²) in [5, 5.41) is 9.74. The summed E-state index contributed by atoms with van der Waals surface area (Å²) in [6.07, 6.45) is 0.0979. The first-order valence-electron chi connectivity index (χ1n) is 4.69. The van der Waals surface area contributed by atoms with Crippen LogP contribution in [0.1, 0.15) is 13.8 Å². The number of aliphatic hydroxyl groups excluding tert-OH is 1. The van der Waals surface area contributed by atoms with Crippen LogP contribution in [-0.2, 0) is 9.47 Å². The van der Waals surface area contributed by atoms with Crippen LogP contribution >= 0.6 is 0 Å². The van der Waals surface area contributed by atoms with Crippen LogP contribution in [-0.4, -0.2) is 35.6 Å². The van der Waals surface area contributed by atoms with E-state index in [1.54, 1.807) is 0 Å². The SMILES string of the molecule is CC1C2OC3C(O)C1OC3C2C. The van der Waals surface area contributed by atoms with Crippen LogP contribution in [0, 0.1) is 11.8 Å². The molecule has 0 amide bonds. The Kier molecular flexibility index (Phi) is 1.23. The van der Waals surface area contributed by atoms with Crippen LogP contribution in [0.15, 0.2) is 0 Å². The molecule has 0 spiro atoms. The minimum Gasteiger partial charge on any atom is -0.388 e. The van der Waals surface area contributed by atoms with Crippen LogP contribution in [0.2, 0.25) is 0 Å². The van der Waals surface area contributed by atoms with Gasteiger partial charge in [-0.1, -0.05) is 13.8 Å². The van der Waals surface area contributed by atoms with Gasteiger partial charge in [0.1, 0.15) is 12.2 Å². The van der Waals surface area contributed by atoms with Crippen molar-refractivity contribution >= 4 is 0 Å². The molecule has 7 unspecified atom stereocenters. The molecule has 7 atom stereocenters. The average Bonchev–Trinajstić information content (AvgIpc) is 2.43. The number of rotatable bonds is 0. The van der Waals surface area contributed by atoms with Crippen molar-refractivity contribution in [3.8, 4) is 0 Å². The van der Waals surface area contributed by atoms with Gasteiger partial charge in [-0.15, -0.1) is 0 Å². The third kappa shape index (κ3) is 0.605. The second-order valence-corrected chi connectivity index (χ2v) is 4.34. The third-order valence-electron chi connectivity index (χ3n) is 3.70. The Morgan fingerprint density at radius 2 is 1.42 bits per heavy atom. The van der Waals surface area contributed by atoms with E-state index in [0.717, 1.165) is 0 Å². The van der Waals surface area contributed by atoms with Crippen molar-refractivity contribution in [3.63, 3.8) is 0 Å². The monoisotopic (exact) mass is 170 g/mol. The summed E-state index contributed by atoms with van der Waals surface area (Å²) in [4.78, 5) is 0. The fraction of sp³-hybridized carbons (Fsp3) is 1.00. The van der Waals surface area contributed by atoms with Crippen LogP contribution in [0.3, 0.4) is 0 Å². The first-order valence-corrected chi connectivity index (χ1v) is 4.69. The minimum absolute atomic E-state index is 0.0359. The smallest absolute Gasteiger partial charge is 0.113 e. The highest BCUT2D eigenvalue weighted by molar-refractivity contribution is 5.09. The van der Waals surface area contributed by atoms with E-state index in [1.807, 2.05) is 0 Å². The molecule has 4 aliphatic heterocycles. The molecule has 0 aliphatic carbocycles. The Bertz CT molecular complexity index is 188. The Labute approximate surface area is 71.7 Å². The molecular formula is C9H14O3. The molecule has 4 rings (SSSR count). The maximum Gasteiger partial charge on any atom is 0.113 e. The van der Waals surface area contributed by atoms with Gasteiger partial charge in [-0.05, 0) is 0 Å². The molecule has 0 aromatic rings. The third-order valence-corrected chi connectivity index (χ3v) is 3.70. The van der Waals surface area contributed by atoms with Gasteiger partial charge in [0.2, 0.25) is 0 Å². The molecule has 4 saturated heterocycles. The zero-order valence-corrected chi connectivity index (χ0v) is 7.31. The summed E-state index contributed by atoms with van der Waals surface area (Å²) in [5.74, 6) is 0.809. The van der Waals surface area contributed by atoms with Crippen LogP contribution in [0.4, 0.5) is 0 Å². The summed E-state index contributed by atoms with van der Waals surface area (Å²) < 4.78 is 11.4. The van der Waals surface area contributed by atoms with E-state index < -0.39 is 0 Å². The van der Waals surface area contributed by atoms with Crippen molar-refractivity contribution in [3.05, 3.63) is 0 Å². The van der Waals surface area contributed by atoms with Gasteiger partial charge in [0.25, 0.3) is 0 Å². The topological polar surface area (TPSA) is 38.7 Å². The van der Waals surface area contributed by atoms with E-state index in [1.165, 1.54) is 0 Å². The summed E-state index contributed by atoms with van der Waals surface area (Å²) >= 11 is 0. The molecule has 68 valence electrons. The zero-order chi connectivity index (χ0) is 8.46. The fourth-order valence-corrected chi connectivity index (χ4v) is 3.02. The summed E-state index contributed by atoms with van der Waals surface area (Å²) in [5.41, 5.74) is 0. The quantitative estimate of drug-likeness (QED) is 0.563. The highest BCUT2D eigenvalue weighted by Crippen LogP contribution is 2.49. The summed E-state index contributed by atoms with van der Waals surface area (Å²) in [6.45, 7) is 4.26. The molecule has 0 aromatic heterocycles. The van der Waals surface area contributed by atoms with Crippen molar-refractivity contribution in [1.82, 2.24) is 0 Å². The molecule has 0 aromatic carbocycles. The lowest BCUT2D eigenvalue weighted by molar-refractivity contribution is -0.149. The predicted octanol–water partition coefficient (Wildman–Crippen LogP) is 0.168. The number of aliphatic hydroxyl groups is 1. The van der Waals surface area contributed by atoms with E-state index in [9.17, 15) is 5.11 Å². The van der Waals surface area contributed by atoms with Gasteiger partial charge in [-0.25, -0.2) is 0 Å². The second kappa shape index (κ2) is 2.03. The number of hydrogen-bond acceptors (Lipinski definition) is 3. The highest BCUT2D eigenvalue weighted by atomic mass is 16.6. The average molecular weight is 170 g/mol. The Balaban J connectivity index is 2.01. The van der Waals surface area contributed by atoms with E-state index >= 15 is 0 Å². The van der Waals surface area contributed by atoms with Gasteiger partial charge < -0.3 is 14.6 Å². The summed E-state index contributed by atoms with van der Waals surface area (Å²) in [6, 6.07) is 0. The summed E-state index contributed by atoms with van der Waals surface area (Å²) in [7, 11) is 0. The lowest BCUT2D eigenvalue weighted by atomic mass is 9.87. The molecule has 4 heterocycles. The molecule has 12 heavy (non-hydrogen) atoms. The van der Waals surface area contributed by atoms with Crippen molar-refractivity contribution in [2.75, 3.05) is 0 Å². The molecule has 3 nitrogen and oxygen atoms in total. The Morgan fingerprint density at radius 1 is 0.833 bits per heavy atom. The molecular weight excluding hydrogens is 156 g/mol. The van der Waals surface area contributed by atoms with Gasteiger partial charge in [0.05, 0.1) is 18.3 Å². The van der Waals surface area contributed by atoms with Crippen molar-refractivity contribution in [2.45, 2.75) is 44.4 Å². The molecule has 3 heteroatoms. The minimum atomic E-state index is -0.383. The lowest BCUT2D eigenvalue weighted by Crippen LogP contribution is -2.47. The molecule has 1 N–H and O–H groups in total. The van der Waals surface area contributed by atoms with Crippen LogP contribution in [0.5, 0.6) is 0 Å². The molecule has 0 radical (unpaired) electrons. The zero-order valence-electron chi connectivity index (χ0n) is 7.31. The second-order valence-electron chi connectivity index (χ2n) is 4.34. The Morgan fingerprint density at radius 3 is 2.08 bits per heavy atom. The van der Waals surface area contributed by atoms with E-state index in [0.29, 0.717) is 17.9 Å². The van der Waals surface area contributed by atoms with Crippen molar-refractivity contribution in [2.24, 2.45) is 11.8 Å². The molecule has 4 bridgehead atoms. The van der Waals surface area contributed by atoms with Gasteiger partial charge in [0.15, 0.2) is 0 Å². The van der Waals surface area contributed by atoms with Gasteiger partial charge >= 0.3 is 0 Å². The normalized spacial score (nSPS) is 67.8. The van der Waals surface area contributed by atoms with Crippen molar-refractivity contribution < 1.29 is 14.6 Å². The van der Waals surface area contributed by atoms with E-state index in [2.05, 4.69) is 13.8 Å². The van der Waals surface area contributed by atoms with E-state index in [4.69, 9.17) is 9.47 Å². The first kappa shape index (κ1) is 7.30. The van der Waals surface area contributed by atoms with Crippen LogP contribution in [0.25, 0.3) is 0 Å². The maximum atomic E-state index is 9.74. The maximum absolute atomic E-state index is 9.74. The van der Waals surface area contributed by atoms with Crippen LogP contribution < -0.4 is 0 Å². The fourth-order valence-electron chi connectivity index (χ4n) is 3.02. The lowest BCUT2D eigenvalue weighted by Gasteiger charge is -2.37. The van der Waals surface area contributed by atoms with E-state index in [-0.39, 0.29) is 24.4 Å². The first-order chi connectivity index (χ1) is 5.70. The molecule has 4 fully saturated rings. The number of hydrogen-bond donors (Lipinski definition) is 1. The predicted molar refractivity (Wildman–Crippen MR) is 41.7 cm³/mol.